The molecule has 1 amide bonds. The number of carbonyl (C=O) groups is 1. The van der Waals surface area contributed by atoms with Crippen LogP contribution in [0.25, 0.3) is 0 Å². The van der Waals surface area contributed by atoms with E-state index in [0.717, 1.165) is 51.1 Å². The monoisotopic (exact) mass is 324 g/mol. The molecule has 1 aliphatic heterocycles. The van der Waals surface area contributed by atoms with Crippen LogP contribution in [0.3, 0.4) is 0 Å². The lowest BCUT2D eigenvalue weighted by atomic mass is 9.93. The Bertz CT molecular complexity index is 463. The van der Waals surface area contributed by atoms with Gasteiger partial charge in [-0.1, -0.05) is 5.21 Å². The van der Waals surface area contributed by atoms with Gasteiger partial charge in [-0.2, -0.15) is 5.21 Å². The molecule has 8 heteroatoms. The molecule has 1 aromatic heterocycles. The Balaban J connectivity index is 1.54. The van der Waals surface area contributed by atoms with E-state index in [9.17, 15) is 4.79 Å². The van der Waals surface area contributed by atoms with Crippen LogP contribution in [-0.4, -0.2) is 63.4 Å². The Hall–Kier alpha value is -1.70. The number of aromatic amines is 1. The first-order chi connectivity index (χ1) is 10.9. The van der Waals surface area contributed by atoms with Gasteiger partial charge in [-0.3, -0.25) is 0 Å². The maximum absolute atomic E-state index is 11.5. The molecule has 0 spiro atoms. The van der Waals surface area contributed by atoms with Gasteiger partial charge in [-0.05, 0) is 65.6 Å². The molecule has 1 aromatic rings. The van der Waals surface area contributed by atoms with E-state index in [4.69, 9.17) is 4.74 Å². The smallest absolute Gasteiger partial charge is 0.407 e. The number of H-pyrrole nitrogens is 1. The molecule has 0 unspecified atom stereocenters. The summed E-state index contributed by atoms with van der Waals surface area (Å²) in [5.41, 5.74) is -0.440. The molecule has 0 radical (unpaired) electrons. The molecular weight excluding hydrogens is 296 g/mol. The molecule has 2 rings (SSSR count). The summed E-state index contributed by atoms with van der Waals surface area (Å²) in [6, 6.07) is 0. The summed E-state index contributed by atoms with van der Waals surface area (Å²) in [6.45, 7) is 9.44. The van der Waals surface area contributed by atoms with E-state index in [1.54, 1.807) is 0 Å². The van der Waals surface area contributed by atoms with Crippen molar-refractivity contribution >= 4 is 6.09 Å². The SMILES string of the molecule is CC(C)(C)OC(=O)NCCCN1CCC(Cc2nn[nH]n2)CC1. The molecule has 0 bridgehead atoms. The van der Waals surface area contributed by atoms with Crippen LogP contribution in [0.15, 0.2) is 0 Å². The molecule has 1 aliphatic rings. The van der Waals surface area contributed by atoms with Gasteiger partial charge in [0.25, 0.3) is 0 Å². The van der Waals surface area contributed by atoms with Crippen molar-refractivity contribution in [2.75, 3.05) is 26.2 Å². The number of nitrogens with one attached hydrogen (secondary N) is 2. The summed E-state index contributed by atoms with van der Waals surface area (Å²) in [7, 11) is 0. The zero-order valence-electron chi connectivity index (χ0n) is 14.3. The summed E-state index contributed by atoms with van der Waals surface area (Å²) in [6.07, 6.45) is 3.83. The number of rotatable bonds is 6. The van der Waals surface area contributed by atoms with Gasteiger partial charge in [-0.25, -0.2) is 4.79 Å². The van der Waals surface area contributed by atoms with Crippen LogP contribution in [0.1, 0.15) is 45.9 Å². The number of piperidine rings is 1. The van der Waals surface area contributed by atoms with Crippen LogP contribution >= 0.6 is 0 Å². The molecule has 2 heterocycles. The number of likely N-dealkylation sites (tertiary alicyclic amines) is 1. The van der Waals surface area contributed by atoms with E-state index in [1.165, 1.54) is 0 Å². The summed E-state index contributed by atoms with van der Waals surface area (Å²) >= 11 is 0. The van der Waals surface area contributed by atoms with E-state index < -0.39 is 5.60 Å². The second-order valence-corrected chi connectivity index (χ2v) is 7.10. The Morgan fingerprint density at radius 3 is 2.74 bits per heavy atom. The number of nitrogens with zero attached hydrogens (tertiary/aromatic N) is 4. The standard InChI is InChI=1S/C15H28N6O2/c1-15(2,3)23-14(22)16-7-4-8-21-9-5-12(6-10-21)11-13-17-19-20-18-13/h12H,4-11H2,1-3H3,(H,16,22)(H,17,18,19,20). The average Bonchev–Trinajstić information content (AvgIpc) is 2.96. The summed E-state index contributed by atoms with van der Waals surface area (Å²) < 4.78 is 5.21. The predicted molar refractivity (Wildman–Crippen MR) is 85.9 cm³/mol. The number of carbonyl (C=O) groups excluding carboxylic acids is 1. The third kappa shape index (κ3) is 6.94. The van der Waals surface area contributed by atoms with Crippen LogP contribution in [0.2, 0.25) is 0 Å². The normalized spacial score (nSPS) is 17.2. The molecule has 1 saturated heterocycles. The lowest BCUT2D eigenvalue weighted by Gasteiger charge is -2.31. The number of ether oxygens (including phenoxy) is 1. The van der Waals surface area contributed by atoms with Gasteiger partial charge in [0.05, 0.1) is 0 Å². The number of hydrogen-bond acceptors (Lipinski definition) is 6. The highest BCUT2D eigenvalue weighted by Crippen LogP contribution is 2.20. The predicted octanol–water partition coefficient (Wildman–Crippen LogP) is 1.37. The Morgan fingerprint density at radius 2 is 2.13 bits per heavy atom. The molecule has 0 saturated carbocycles. The summed E-state index contributed by atoms with van der Waals surface area (Å²) in [5.74, 6) is 1.45. The van der Waals surface area contributed by atoms with Gasteiger partial charge in [0.2, 0.25) is 0 Å². The number of alkyl carbamates (subject to hydrolysis) is 1. The van der Waals surface area contributed by atoms with Gasteiger partial charge in [0.1, 0.15) is 5.60 Å². The number of tetrazole rings is 1. The third-order valence-corrected chi connectivity index (χ3v) is 3.89. The number of amides is 1. The average molecular weight is 324 g/mol. The van der Waals surface area contributed by atoms with Crippen molar-refractivity contribution < 1.29 is 9.53 Å². The van der Waals surface area contributed by atoms with Crippen molar-refractivity contribution in [2.24, 2.45) is 5.92 Å². The van der Waals surface area contributed by atoms with Crippen molar-refractivity contribution in [1.29, 1.82) is 0 Å². The number of aromatic nitrogens is 4. The fourth-order valence-corrected chi connectivity index (χ4v) is 2.75. The first kappa shape index (κ1) is 17.7. The fraction of sp³-hybridized carbons (Fsp3) is 0.867. The highest BCUT2D eigenvalue weighted by Gasteiger charge is 2.20. The van der Waals surface area contributed by atoms with Crippen LogP contribution in [0.4, 0.5) is 4.79 Å². The van der Waals surface area contributed by atoms with E-state index in [2.05, 4.69) is 30.8 Å². The van der Waals surface area contributed by atoms with Crippen molar-refractivity contribution in [2.45, 2.75) is 52.1 Å². The van der Waals surface area contributed by atoms with E-state index in [1.807, 2.05) is 20.8 Å². The minimum atomic E-state index is -0.440. The lowest BCUT2D eigenvalue weighted by Crippen LogP contribution is -2.37. The molecule has 130 valence electrons. The highest BCUT2D eigenvalue weighted by molar-refractivity contribution is 5.67. The van der Waals surface area contributed by atoms with Crippen molar-refractivity contribution in [3.05, 3.63) is 5.82 Å². The Labute approximate surface area is 137 Å². The van der Waals surface area contributed by atoms with Crippen LogP contribution < -0.4 is 5.32 Å². The largest absolute Gasteiger partial charge is 0.444 e. The molecule has 0 aliphatic carbocycles. The second kappa shape index (κ2) is 8.24. The van der Waals surface area contributed by atoms with Gasteiger partial charge < -0.3 is 15.0 Å². The van der Waals surface area contributed by atoms with Crippen molar-refractivity contribution in [1.82, 2.24) is 30.8 Å². The van der Waals surface area contributed by atoms with Crippen molar-refractivity contribution in [3.63, 3.8) is 0 Å². The number of hydrogen-bond donors (Lipinski definition) is 2. The van der Waals surface area contributed by atoms with Crippen LogP contribution in [-0.2, 0) is 11.2 Å². The first-order valence-corrected chi connectivity index (χ1v) is 8.34. The molecule has 0 atom stereocenters. The molecule has 8 nitrogen and oxygen atoms in total. The van der Waals surface area contributed by atoms with Gasteiger partial charge >= 0.3 is 6.09 Å². The van der Waals surface area contributed by atoms with Crippen LogP contribution in [0.5, 0.6) is 0 Å². The zero-order valence-corrected chi connectivity index (χ0v) is 14.3. The Kier molecular flexibility index (Phi) is 6.32. The van der Waals surface area contributed by atoms with Crippen LogP contribution in [0, 0.1) is 5.92 Å². The van der Waals surface area contributed by atoms with Gasteiger partial charge in [0.15, 0.2) is 5.82 Å². The van der Waals surface area contributed by atoms with E-state index in [0.29, 0.717) is 12.5 Å². The van der Waals surface area contributed by atoms with E-state index >= 15 is 0 Å². The maximum Gasteiger partial charge on any atom is 0.407 e. The Morgan fingerprint density at radius 1 is 1.39 bits per heavy atom. The van der Waals surface area contributed by atoms with E-state index in [-0.39, 0.29) is 6.09 Å². The van der Waals surface area contributed by atoms with Crippen molar-refractivity contribution in [3.8, 4) is 0 Å². The minimum Gasteiger partial charge on any atom is -0.444 e. The second-order valence-electron chi connectivity index (χ2n) is 7.10. The molecule has 2 N–H and O–H groups in total. The maximum atomic E-state index is 11.5. The fourth-order valence-electron chi connectivity index (χ4n) is 2.75. The quantitative estimate of drug-likeness (QED) is 0.767. The zero-order chi connectivity index (χ0) is 16.7. The van der Waals surface area contributed by atoms with Gasteiger partial charge in [-0.15, -0.1) is 10.2 Å². The topological polar surface area (TPSA) is 96.0 Å². The molecule has 23 heavy (non-hydrogen) atoms. The third-order valence-electron chi connectivity index (χ3n) is 3.89. The molecular formula is C15H28N6O2. The first-order valence-electron chi connectivity index (χ1n) is 8.34. The minimum absolute atomic E-state index is 0.337. The highest BCUT2D eigenvalue weighted by atomic mass is 16.6. The molecule has 1 fully saturated rings. The molecule has 0 aromatic carbocycles. The lowest BCUT2D eigenvalue weighted by molar-refractivity contribution is 0.0525. The summed E-state index contributed by atoms with van der Waals surface area (Å²) in [4.78, 5) is 14.0. The van der Waals surface area contributed by atoms with Gasteiger partial charge in [0, 0.05) is 13.0 Å². The summed E-state index contributed by atoms with van der Waals surface area (Å²) in [5, 5.41) is 16.9.